The number of carbonyl (C=O) groups excluding carboxylic acids is 2. The summed E-state index contributed by atoms with van der Waals surface area (Å²) in [5.41, 5.74) is 3.43. The predicted molar refractivity (Wildman–Crippen MR) is 96.4 cm³/mol. The minimum atomic E-state index is -0.656. The summed E-state index contributed by atoms with van der Waals surface area (Å²) in [7, 11) is 0. The number of hydrogen-bond donors (Lipinski definition) is 2. The van der Waals surface area contributed by atoms with Crippen molar-refractivity contribution in [3.8, 4) is 5.75 Å². The Balaban J connectivity index is 1.66. The molecule has 1 aliphatic heterocycles. The van der Waals surface area contributed by atoms with Crippen molar-refractivity contribution in [2.75, 3.05) is 10.6 Å². The standard InChI is InChI=1S/C18H17BrN2O3/c1-10-3-6-16(14(19)7-10)24-11(2)18(23)20-13-4-5-15-12(8-13)9-17(22)21-15/h3-8,11H,9H2,1-2H3,(H,20,23)(H,21,22). The van der Waals surface area contributed by atoms with Crippen LogP contribution in [0.5, 0.6) is 5.75 Å². The van der Waals surface area contributed by atoms with Gasteiger partial charge in [0.2, 0.25) is 5.91 Å². The first-order chi connectivity index (χ1) is 11.4. The Morgan fingerprint density at radius 1 is 1.29 bits per heavy atom. The summed E-state index contributed by atoms with van der Waals surface area (Å²) in [4.78, 5) is 23.7. The van der Waals surface area contributed by atoms with E-state index < -0.39 is 6.10 Å². The van der Waals surface area contributed by atoms with Gasteiger partial charge in [0.05, 0.1) is 10.9 Å². The molecule has 2 aromatic carbocycles. The van der Waals surface area contributed by atoms with Crippen LogP contribution in [0, 0.1) is 6.92 Å². The van der Waals surface area contributed by atoms with E-state index in [1.165, 1.54) is 0 Å². The number of anilines is 2. The van der Waals surface area contributed by atoms with Gasteiger partial charge in [-0.1, -0.05) is 6.07 Å². The molecule has 0 fully saturated rings. The van der Waals surface area contributed by atoms with Crippen molar-refractivity contribution in [1.82, 2.24) is 0 Å². The van der Waals surface area contributed by atoms with Gasteiger partial charge in [-0.2, -0.15) is 0 Å². The van der Waals surface area contributed by atoms with E-state index in [4.69, 9.17) is 4.74 Å². The Kier molecular flexibility index (Phi) is 4.57. The highest BCUT2D eigenvalue weighted by Crippen LogP contribution is 2.28. The van der Waals surface area contributed by atoms with Crippen molar-refractivity contribution >= 4 is 39.1 Å². The van der Waals surface area contributed by atoms with Crippen LogP contribution in [0.1, 0.15) is 18.1 Å². The third-order valence-electron chi connectivity index (χ3n) is 3.76. The first-order valence-corrected chi connectivity index (χ1v) is 8.38. The number of ether oxygens (including phenoxy) is 1. The number of halogens is 1. The Bertz CT molecular complexity index is 820. The normalized spacial score (nSPS) is 13.9. The van der Waals surface area contributed by atoms with Crippen LogP contribution in [0.4, 0.5) is 11.4 Å². The molecule has 1 aliphatic rings. The summed E-state index contributed by atoms with van der Waals surface area (Å²) < 4.78 is 6.53. The zero-order valence-corrected chi connectivity index (χ0v) is 14.9. The van der Waals surface area contributed by atoms with Gasteiger partial charge in [-0.15, -0.1) is 0 Å². The Hall–Kier alpha value is -2.34. The number of benzene rings is 2. The fourth-order valence-corrected chi connectivity index (χ4v) is 3.08. The third-order valence-corrected chi connectivity index (χ3v) is 4.38. The number of rotatable bonds is 4. The second-order valence-corrected chi connectivity index (χ2v) is 6.63. The van der Waals surface area contributed by atoms with E-state index in [2.05, 4.69) is 26.6 Å². The number of amides is 2. The maximum atomic E-state index is 12.3. The highest BCUT2D eigenvalue weighted by Gasteiger charge is 2.20. The molecular weight excluding hydrogens is 372 g/mol. The van der Waals surface area contributed by atoms with Gasteiger partial charge in [0.1, 0.15) is 5.75 Å². The average Bonchev–Trinajstić information content (AvgIpc) is 2.89. The first-order valence-electron chi connectivity index (χ1n) is 7.59. The van der Waals surface area contributed by atoms with E-state index in [1.54, 1.807) is 25.1 Å². The quantitative estimate of drug-likeness (QED) is 0.839. The average molecular weight is 389 g/mol. The number of aryl methyl sites for hydroxylation is 1. The number of carbonyl (C=O) groups is 2. The van der Waals surface area contributed by atoms with Crippen LogP contribution in [-0.2, 0) is 16.0 Å². The minimum Gasteiger partial charge on any atom is -0.480 e. The Morgan fingerprint density at radius 3 is 2.83 bits per heavy atom. The molecule has 6 heteroatoms. The molecule has 0 saturated heterocycles. The van der Waals surface area contributed by atoms with Crippen molar-refractivity contribution in [3.63, 3.8) is 0 Å². The van der Waals surface area contributed by atoms with Crippen LogP contribution >= 0.6 is 15.9 Å². The lowest BCUT2D eigenvalue weighted by Gasteiger charge is -2.16. The van der Waals surface area contributed by atoms with Crippen molar-refractivity contribution in [1.29, 1.82) is 0 Å². The van der Waals surface area contributed by atoms with Crippen molar-refractivity contribution in [3.05, 3.63) is 52.0 Å². The van der Waals surface area contributed by atoms with Gasteiger partial charge in [0.15, 0.2) is 6.10 Å². The SMILES string of the molecule is Cc1ccc(OC(C)C(=O)Nc2ccc3c(c2)CC(=O)N3)c(Br)c1. The van der Waals surface area contributed by atoms with Crippen molar-refractivity contribution in [2.45, 2.75) is 26.4 Å². The molecule has 2 N–H and O–H groups in total. The molecule has 1 atom stereocenters. The van der Waals surface area contributed by atoms with E-state index in [1.807, 2.05) is 25.1 Å². The topological polar surface area (TPSA) is 67.4 Å². The third kappa shape index (κ3) is 3.59. The summed E-state index contributed by atoms with van der Waals surface area (Å²) in [6, 6.07) is 11.0. The fourth-order valence-electron chi connectivity index (χ4n) is 2.50. The molecule has 24 heavy (non-hydrogen) atoms. The Labute approximate surface area is 148 Å². The molecule has 0 bridgehead atoms. The number of nitrogens with one attached hydrogen (secondary N) is 2. The molecule has 0 aromatic heterocycles. The molecule has 2 aromatic rings. The van der Waals surface area contributed by atoms with Crippen LogP contribution in [0.3, 0.4) is 0 Å². The largest absolute Gasteiger partial charge is 0.480 e. The van der Waals surface area contributed by atoms with E-state index in [0.29, 0.717) is 17.9 Å². The summed E-state index contributed by atoms with van der Waals surface area (Å²) in [6.45, 7) is 3.68. The molecule has 124 valence electrons. The molecule has 0 spiro atoms. The molecule has 5 nitrogen and oxygen atoms in total. The fraction of sp³-hybridized carbons (Fsp3) is 0.222. The highest BCUT2D eigenvalue weighted by atomic mass is 79.9. The number of fused-ring (bicyclic) bond motifs is 1. The maximum absolute atomic E-state index is 12.3. The zero-order valence-electron chi connectivity index (χ0n) is 13.4. The van der Waals surface area contributed by atoms with Gasteiger partial charge in [-0.25, -0.2) is 0 Å². The second kappa shape index (κ2) is 6.65. The van der Waals surface area contributed by atoms with Crippen molar-refractivity contribution in [2.24, 2.45) is 0 Å². The van der Waals surface area contributed by atoms with E-state index in [9.17, 15) is 9.59 Å². The van der Waals surface area contributed by atoms with Gasteiger partial charge in [-0.3, -0.25) is 9.59 Å². The molecule has 3 rings (SSSR count). The van der Waals surface area contributed by atoms with Gasteiger partial charge in [0, 0.05) is 11.4 Å². The first kappa shape index (κ1) is 16.5. The second-order valence-electron chi connectivity index (χ2n) is 5.78. The lowest BCUT2D eigenvalue weighted by molar-refractivity contribution is -0.122. The molecule has 2 amide bonds. The summed E-state index contributed by atoms with van der Waals surface area (Å²) >= 11 is 3.44. The molecule has 0 saturated carbocycles. The van der Waals surface area contributed by atoms with Gasteiger partial charge >= 0.3 is 0 Å². The summed E-state index contributed by atoms with van der Waals surface area (Å²) in [5, 5.41) is 5.58. The van der Waals surface area contributed by atoms with Crippen LogP contribution in [-0.4, -0.2) is 17.9 Å². The maximum Gasteiger partial charge on any atom is 0.265 e. The van der Waals surface area contributed by atoms with Gasteiger partial charge in [-0.05, 0) is 71.2 Å². The summed E-state index contributed by atoms with van der Waals surface area (Å²) in [5.74, 6) is 0.334. The van der Waals surface area contributed by atoms with Crippen LogP contribution in [0.15, 0.2) is 40.9 Å². The van der Waals surface area contributed by atoms with E-state index >= 15 is 0 Å². The molecule has 0 aliphatic carbocycles. The van der Waals surface area contributed by atoms with Gasteiger partial charge in [0.25, 0.3) is 5.91 Å². The number of hydrogen-bond acceptors (Lipinski definition) is 3. The summed E-state index contributed by atoms with van der Waals surface area (Å²) in [6.07, 6.45) is -0.321. The van der Waals surface area contributed by atoms with Crippen LogP contribution in [0.2, 0.25) is 0 Å². The highest BCUT2D eigenvalue weighted by molar-refractivity contribution is 9.10. The zero-order chi connectivity index (χ0) is 17.3. The van der Waals surface area contributed by atoms with E-state index in [-0.39, 0.29) is 11.8 Å². The van der Waals surface area contributed by atoms with Crippen molar-refractivity contribution < 1.29 is 14.3 Å². The van der Waals surface area contributed by atoms with Gasteiger partial charge < -0.3 is 15.4 Å². The lowest BCUT2D eigenvalue weighted by Crippen LogP contribution is -2.30. The predicted octanol–water partition coefficient (Wildman–Crippen LogP) is 3.66. The molecule has 0 radical (unpaired) electrons. The smallest absolute Gasteiger partial charge is 0.265 e. The molecule has 1 heterocycles. The monoisotopic (exact) mass is 388 g/mol. The van der Waals surface area contributed by atoms with E-state index in [0.717, 1.165) is 21.3 Å². The Morgan fingerprint density at radius 2 is 2.08 bits per heavy atom. The lowest BCUT2D eigenvalue weighted by atomic mass is 10.1. The molecular formula is C18H17BrN2O3. The molecule has 1 unspecified atom stereocenters. The van der Waals surface area contributed by atoms with Crippen LogP contribution < -0.4 is 15.4 Å². The van der Waals surface area contributed by atoms with Crippen LogP contribution in [0.25, 0.3) is 0 Å². The minimum absolute atomic E-state index is 0.0330.